The molecule has 2 aliphatic rings. The first-order valence-corrected chi connectivity index (χ1v) is 11.2. The Hall–Kier alpha value is -4.72. The van der Waals surface area contributed by atoms with Gasteiger partial charge < -0.3 is 30.4 Å². The highest BCUT2D eigenvalue weighted by Gasteiger charge is 2.41. The molecule has 3 aromatic carbocycles. The van der Waals surface area contributed by atoms with E-state index >= 15 is 0 Å². The molecule has 0 radical (unpaired) electrons. The van der Waals surface area contributed by atoms with Crippen molar-refractivity contribution in [1.82, 2.24) is 0 Å². The zero-order valence-electron chi connectivity index (χ0n) is 20.1. The molecule has 4 N–H and O–H groups in total. The third kappa shape index (κ3) is 2.94. The van der Waals surface area contributed by atoms with Crippen LogP contribution < -0.4 is 10.0 Å². The van der Waals surface area contributed by atoms with Crippen molar-refractivity contribution in [3.8, 4) is 11.5 Å². The molecule has 0 heterocycles. The maximum Gasteiger partial charge on any atom is 0.253 e. The highest BCUT2D eigenvalue weighted by atomic mass is 16.3. The van der Waals surface area contributed by atoms with Crippen LogP contribution in [0.25, 0.3) is 21.9 Å². The molecule has 0 spiro atoms. The van der Waals surface area contributed by atoms with Crippen molar-refractivity contribution in [3.63, 3.8) is 0 Å². The number of anilines is 1. The Morgan fingerprint density at radius 3 is 1.92 bits per heavy atom. The van der Waals surface area contributed by atoms with Crippen molar-refractivity contribution in [3.05, 3.63) is 88.1 Å². The molecular formula is C28H24N2O6. The summed E-state index contributed by atoms with van der Waals surface area (Å²) < 4.78 is 1.63. The Morgan fingerprint density at radius 1 is 0.750 bits per heavy atom. The molecule has 0 saturated heterocycles. The van der Waals surface area contributed by atoms with Crippen LogP contribution in [0.1, 0.15) is 16.7 Å². The highest BCUT2D eigenvalue weighted by molar-refractivity contribution is 6.44. The highest BCUT2D eigenvalue weighted by Crippen LogP contribution is 2.52. The van der Waals surface area contributed by atoms with E-state index in [0.717, 1.165) is 0 Å². The number of hydrogen-bond donors (Lipinski definition) is 4. The second-order valence-corrected chi connectivity index (χ2v) is 9.13. The van der Waals surface area contributed by atoms with Crippen molar-refractivity contribution < 1.29 is 34.9 Å². The van der Waals surface area contributed by atoms with Crippen LogP contribution in [0, 0.1) is 0 Å². The second-order valence-electron chi connectivity index (χ2n) is 9.13. The molecule has 5 rings (SSSR count). The van der Waals surface area contributed by atoms with Gasteiger partial charge >= 0.3 is 0 Å². The number of hydrogen-bond acceptors (Lipinski definition) is 7. The summed E-state index contributed by atoms with van der Waals surface area (Å²) in [5.74, 6) is -3.45. The van der Waals surface area contributed by atoms with Gasteiger partial charge in [-0.3, -0.25) is 4.79 Å². The number of nitrogens with zero attached hydrogens (tertiary/aromatic N) is 2. The quantitative estimate of drug-likeness (QED) is 0.250. The van der Waals surface area contributed by atoms with Crippen LogP contribution in [0.15, 0.2) is 71.4 Å². The van der Waals surface area contributed by atoms with E-state index < -0.39 is 34.6 Å². The minimum atomic E-state index is -0.699. The van der Waals surface area contributed by atoms with E-state index in [0.29, 0.717) is 33.3 Å². The number of fused-ring (bicyclic) bond motifs is 2. The average molecular weight is 485 g/mol. The third-order valence-electron chi connectivity index (χ3n) is 6.58. The molecule has 0 unspecified atom stereocenters. The van der Waals surface area contributed by atoms with Crippen LogP contribution in [0.2, 0.25) is 0 Å². The van der Waals surface area contributed by atoms with Crippen LogP contribution in [-0.4, -0.2) is 64.7 Å². The summed E-state index contributed by atoms with van der Waals surface area (Å²) in [6, 6.07) is 13.7. The second kappa shape index (κ2) is 7.91. The van der Waals surface area contributed by atoms with E-state index in [1.165, 1.54) is 0 Å². The number of aliphatic hydroxyl groups excluding tert-OH is 2. The van der Waals surface area contributed by atoms with E-state index in [4.69, 9.17) is 0 Å². The summed E-state index contributed by atoms with van der Waals surface area (Å²) in [5, 5.41) is 57.9. The number of phenolic OH excluding ortho intramolecular Hbond substituents is 2. The van der Waals surface area contributed by atoms with E-state index in [1.807, 2.05) is 0 Å². The minimum Gasteiger partial charge on any atom is -0.871 e. The van der Waals surface area contributed by atoms with Gasteiger partial charge in [0.15, 0.2) is 23.0 Å². The van der Waals surface area contributed by atoms with Gasteiger partial charge in [0.25, 0.3) is 5.71 Å². The number of carbonyl (C=O) groups excluding carboxylic acids is 1. The fraction of sp³-hybridized carbons (Fsp3) is 0.143. The predicted molar refractivity (Wildman–Crippen MR) is 135 cm³/mol. The summed E-state index contributed by atoms with van der Waals surface area (Å²) in [6.45, 7) is 0. The smallest absolute Gasteiger partial charge is 0.253 e. The number of Topliss-reactive ketones (excluding diaryl/α,β-unsaturated/α-hetero) is 1. The summed E-state index contributed by atoms with van der Waals surface area (Å²) in [5.41, 5.74) is 0.962. The van der Waals surface area contributed by atoms with Crippen molar-refractivity contribution in [2.24, 2.45) is 0 Å². The first-order valence-electron chi connectivity index (χ1n) is 11.2. The maximum absolute atomic E-state index is 13.5. The van der Waals surface area contributed by atoms with Crippen LogP contribution in [0.5, 0.6) is 11.5 Å². The third-order valence-corrected chi connectivity index (χ3v) is 6.58. The van der Waals surface area contributed by atoms with Gasteiger partial charge in [-0.05, 0) is 11.5 Å². The molecule has 0 aromatic heterocycles. The first kappa shape index (κ1) is 23.0. The maximum atomic E-state index is 13.5. The van der Waals surface area contributed by atoms with Crippen LogP contribution >= 0.6 is 0 Å². The van der Waals surface area contributed by atoms with Crippen molar-refractivity contribution in [2.75, 3.05) is 33.1 Å². The summed E-state index contributed by atoms with van der Waals surface area (Å²) in [4.78, 5) is 15.2. The summed E-state index contributed by atoms with van der Waals surface area (Å²) in [6.07, 6.45) is 0. The van der Waals surface area contributed by atoms with Gasteiger partial charge in [-0.2, -0.15) is 0 Å². The fourth-order valence-electron chi connectivity index (χ4n) is 5.05. The molecule has 182 valence electrons. The lowest BCUT2D eigenvalue weighted by atomic mass is 9.75. The molecule has 2 aliphatic carbocycles. The topological polar surface area (TPSA) is 127 Å². The molecule has 0 fully saturated rings. The van der Waals surface area contributed by atoms with Crippen LogP contribution in [0.3, 0.4) is 0 Å². The van der Waals surface area contributed by atoms with Gasteiger partial charge in [0.1, 0.15) is 14.1 Å². The largest absolute Gasteiger partial charge is 0.871 e. The standard InChI is InChI=1S/C28H24N2O6/c1-29(2)21-15-11-7-5-9-13(15)17(25(33)27(21)35)19-23(31)20(24(19)32)18-14-10-6-8-12-16(14)22(30(3)4)28(36)26(18)34/h5-12H,1-4H3,(H4,31,32,33,34,35,36). The number of benzene rings is 3. The summed E-state index contributed by atoms with van der Waals surface area (Å²) >= 11 is 0. The number of aromatic hydroxyl groups is 2. The van der Waals surface area contributed by atoms with Gasteiger partial charge in [0, 0.05) is 47.3 Å². The Labute approximate surface area is 206 Å². The molecule has 0 saturated carbocycles. The van der Waals surface area contributed by atoms with Crippen LogP contribution in [-0.2, 0) is 4.79 Å². The molecular weight excluding hydrogens is 460 g/mol. The van der Waals surface area contributed by atoms with Crippen LogP contribution in [0.4, 0.5) is 5.69 Å². The number of rotatable bonds is 2. The molecule has 0 bridgehead atoms. The Bertz CT molecular complexity index is 1640. The summed E-state index contributed by atoms with van der Waals surface area (Å²) in [7, 11) is 6.82. The molecule has 0 aliphatic heterocycles. The SMILES string of the molecule is CN(C)c1c(O)c(O)c(C2=C([O-])/C(=C3\C(O)=C(O)C(=[N+](C)C)c4ccccc43)C2=O)c2ccccc12. The lowest BCUT2D eigenvalue weighted by molar-refractivity contribution is -0.464. The van der Waals surface area contributed by atoms with Gasteiger partial charge in [0.2, 0.25) is 5.76 Å². The number of ketones is 1. The molecule has 0 atom stereocenters. The van der Waals surface area contributed by atoms with Gasteiger partial charge in [-0.25, -0.2) is 4.58 Å². The zero-order valence-corrected chi connectivity index (χ0v) is 20.1. The number of allylic oxidation sites excluding steroid dienone is 4. The van der Waals surface area contributed by atoms with Crippen molar-refractivity contribution in [1.29, 1.82) is 0 Å². The molecule has 0 amide bonds. The predicted octanol–water partition coefficient (Wildman–Crippen LogP) is 2.83. The normalized spacial score (nSPS) is 17.4. The first-order chi connectivity index (χ1) is 17.1. The molecule has 8 nitrogen and oxygen atoms in total. The number of aliphatic hydroxyl groups is 2. The van der Waals surface area contributed by atoms with E-state index in [9.17, 15) is 30.3 Å². The van der Waals surface area contributed by atoms with E-state index in [1.54, 1.807) is 86.2 Å². The lowest BCUT2D eigenvalue weighted by Gasteiger charge is -2.35. The molecule has 8 heteroatoms. The zero-order chi connectivity index (χ0) is 26.0. The Kier molecular flexibility index (Phi) is 5.06. The van der Waals surface area contributed by atoms with Crippen molar-refractivity contribution >= 4 is 39.1 Å². The fourth-order valence-corrected chi connectivity index (χ4v) is 5.05. The monoisotopic (exact) mass is 484 g/mol. The number of phenols is 2. The van der Waals surface area contributed by atoms with Gasteiger partial charge in [-0.15, -0.1) is 0 Å². The Balaban J connectivity index is 1.84. The lowest BCUT2D eigenvalue weighted by Crippen LogP contribution is -2.32. The van der Waals surface area contributed by atoms with Gasteiger partial charge in [-0.1, -0.05) is 48.2 Å². The van der Waals surface area contributed by atoms with Crippen molar-refractivity contribution in [2.45, 2.75) is 0 Å². The molecule has 36 heavy (non-hydrogen) atoms. The van der Waals surface area contributed by atoms with E-state index in [2.05, 4.69) is 0 Å². The number of carbonyl (C=O) groups is 1. The molecule has 3 aromatic rings. The minimum absolute atomic E-state index is 0.0645. The average Bonchev–Trinajstić information content (AvgIpc) is 2.84. The van der Waals surface area contributed by atoms with Gasteiger partial charge in [0.05, 0.1) is 11.3 Å². The van der Waals surface area contributed by atoms with E-state index in [-0.39, 0.29) is 22.3 Å². The Morgan fingerprint density at radius 2 is 1.33 bits per heavy atom.